The number of methoxy groups -OCH3 is 1. The van der Waals surface area contributed by atoms with Crippen molar-refractivity contribution >= 4 is 17.8 Å². The zero-order valence-electron chi connectivity index (χ0n) is 13.4. The van der Waals surface area contributed by atoms with Gasteiger partial charge in [0.2, 0.25) is 0 Å². The van der Waals surface area contributed by atoms with Crippen LogP contribution >= 0.6 is 0 Å². The topological polar surface area (TPSA) is 82.1 Å². The number of nitrogens with zero attached hydrogens (tertiary/aromatic N) is 1. The summed E-state index contributed by atoms with van der Waals surface area (Å²) in [7, 11) is 1.27. The summed E-state index contributed by atoms with van der Waals surface area (Å²) in [6.45, 7) is 2.27. The van der Waals surface area contributed by atoms with Crippen molar-refractivity contribution in [3.8, 4) is 0 Å². The van der Waals surface area contributed by atoms with E-state index >= 15 is 0 Å². The molecule has 3 aliphatic rings. The number of rotatable bonds is 4. The van der Waals surface area contributed by atoms with E-state index in [0.29, 0.717) is 37.2 Å². The maximum Gasteiger partial charge on any atom is 0.315 e. The van der Waals surface area contributed by atoms with Crippen molar-refractivity contribution in [3.63, 3.8) is 0 Å². The van der Waals surface area contributed by atoms with Gasteiger partial charge >= 0.3 is 5.97 Å². The van der Waals surface area contributed by atoms with E-state index in [2.05, 4.69) is 0 Å². The predicted molar refractivity (Wildman–Crippen MR) is 78.0 cm³/mol. The second-order valence-electron chi connectivity index (χ2n) is 6.17. The van der Waals surface area contributed by atoms with Gasteiger partial charge in [-0.15, -0.1) is 0 Å². The maximum absolute atomic E-state index is 12.5. The highest BCUT2D eigenvalue weighted by molar-refractivity contribution is 6.19. The summed E-state index contributed by atoms with van der Waals surface area (Å²) >= 11 is 0. The van der Waals surface area contributed by atoms with Gasteiger partial charge in [-0.2, -0.15) is 0 Å². The van der Waals surface area contributed by atoms with Crippen LogP contribution < -0.4 is 0 Å². The van der Waals surface area contributed by atoms with Crippen molar-refractivity contribution in [1.82, 2.24) is 4.90 Å². The molecule has 1 fully saturated rings. The van der Waals surface area contributed by atoms with E-state index in [4.69, 9.17) is 14.2 Å². The third-order valence-electron chi connectivity index (χ3n) is 4.82. The number of amides is 2. The van der Waals surface area contributed by atoms with Crippen molar-refractivity contribution in [3.05, 3.63) is 11.1 Å². The first kappa shape index (κ1) is 16.1. The minimum Gasteiger partial charge on any atom is -0.469 e. The molecular formula is C16H21NO6. The Balaban J connectivity index is 1.82. The monoisotopic (exact) mass is 323 g/mol. The molecule has 0 saturated carbocycles. The molecule has 0 aromatic carbocycles. The van der Waals surface area contributed by atoms with Gasteiger partial charge in [0.25, 0.3) is 11.8 Å². The quantitative estimate of drug-likeness (QED) is 0.562. The lowest BCUT2D eigenvalue weighted by atomic mass is 9.93. The van der Waals surface area contributed by atoms with E-state index in [0.717, 1.165) is 17.7 Å². The largest absolute Gasteiger partial charge is 0.469 e. The highest BCUT2D eigenvalue weighted by atomic mass is 16.7. The Morgan fingerprint density at radius 1 is 1.17 bits per heavy atom. The Bertz CT molecular complexity index is 547. The molecule has 1 saturated heterocycles. The Morgan fingerprint density at radius 2 is 1.70 bits per heavy atom. The molecule has 7 heteroatoms. The average Bonchev–Trinajstić information content (AvgIpc) is 3.10. The first-order valence-corrected chi connectivity index (χ1v) is 7.92. The molecule has 2 aliphatic heterocycles. The number of carbonyl (C=O) groups excluding carboxylic acids is 3. The second-order valence-corrected chi connectivity index (χ2v) is 6.17. The molecule has 0 aromatic heterocycles. The van der Waals surface area contributed by atoms with Gasteiger partial charge in [0.1, 0.15) is 5.92 Å². The predicted octanol–water partition coefficient (Wildman–Crippen LogP) is 0.778. The van der Waals surface area contributed by atoms with Gasteiger partial charge in [-0.05, 0) is 32.6 Å². The molecule has 0 bridgehead atoms. The van der Waals surface area contributed by atoms with Crippen molar-refractivity contribution in [2.75, 3.05) is 26.9 Å². The molecule has 23 heavy (non-hydrogen) atoms. The molecule has 2 heterocycles. The fourth-order valence-corrected chi connectivity index (χ4v) is 3.47. The molecule has 126 valence electrons. The van der Waals surface area contributed by atoms with Gasteiger partial charge in [0.15, 0.2) is 5.79 Å². The van der Waals surface area contributed by atoms with Gasteiger partial charge in [0.05, 0.1) is 20.3 Å². The molecular weight excluding hydrogens is 302 g/mol. The van der Waals surface area contributed by atoms with Crippen LogP contribution in [0.1, 0.15) is 32.6 Å². The van der Waals surface area contributed by atoms with Gasteiger partial charge in [-0.1, -0.05) is 0 Å². The molecule has 0 radical (unpaired) electrons. The van der Waals surface area contributed by atoms with E-state index in [1.807, 2.05) is 0 Å². The standard InChI is InChI=1S/C16H21NO6/c1-16(22-7-8-23-16)12(15(20)21-2)9-17-13(18)10-5-3-4-6-11(10)14(17)19/h12H,3-9H2,1-2H3. The van der Waals surface area contributed by atoms with E-state index in [1.54, 1.807) is 6.92 Å². The van der Waals surface area contributed by atoms with Crippen LogP contribution in [0.2, 0.25) is 0 Å². The van der Waals surface area contributed by atoms with Crippen molar-refractivity contribution in [2.45, 2.75) is 38.4 Å². The normalized spacial score (nSPS) is 24.9. The molecule has 0 spiro atoms. The lowest BCUT2D eigenvalue weighted by molar-refractivity contribution is -0.201. The van der Waals surface area contributed by atoms with Crippen LogP contribution in [0.3, 0.4) is 0 Å². The molecule has 1 atom stereocenters. The van der Waals surface area contributed by atoms with Gasteiger partial charge in [-0.25, -0.2) is 0 Å². The van der Waals surface area contributed by atoms with E-state index < -0.39 is 17.7 Å². The van der Waals surface area contributed by atoms with Crippen molar-refractivity contribution < 1.29 is 28.6 Å². The molecule has 1 unspecified atom stereocenters. The summed E-state index contributed by atoms with van der Waals surface area (Å²) in [4.78, 5) is 38.4. The van der Waals surface area contributed by atoms with Crippen LogP contribution in [0.15, 0.2) is 11.1 Å². The molecule has 3 rings (SSSR count). The molecule has 0 N–H and O–H groups in total. The van der Waals surface area contributed by atoms with Crippen LogP contribution in [0.4, 0.5) is 0 Å². The molecule has 1 aliphatic carbocycles. The third-order valence-corrected chi connectivity index (χ3v) is 4.82. The van der Waals surface area contributed by atoms with Crippen LogP contribution in [-0.4, -0.2) is 55.3 Å². The summed E-state index contributed by atoms with van der Waals surface area (Å²) in [5.74, 6) is -3.19. The smallest absolute Gasteiger partial charge is 0.315 e. The molecule has 0 aromatic rings. The number of hydrogen-bond donors (Lipinski definition) is 0. The summed E-state index contributed by atoms with van der Waals surface area (Å²) in [6, 6.07) is 0. The number of esters is 1. The van der Waals surface area contributed by atoms with E-state index in [-0.39, 0.29) is 18.4 Å². The number of carbonyl (C=O) groups is 3. The van der Waals surface area contributed by atoms with Crippen LogP contribution in [0, 0.1) is 5.92 Å². The minimum atomic E-state index is -1.18. The number of ether oxygens (including phenoxy) is 3. The Hall–Kier alpha value is -1.73. The Labute approximate surface area is 134 Å². The summed E-state index contributed by atoms with van der Waals surface area (Å²) in [5, 5.41) is 0. The minimum absolute atomic E-state index is 0.0894. The Morgan fingerprint density at radius 3 is 2.17 bits per heavy atom. The zero-order valence-corrected chi connectivity index (χ0v) is 13.4. The second kappa shape index (κ2) is 6.05. The maximum atomic E-state index is 12.5. The van der Waals surface area contributed by atoms with Gasteiger partial charge < -0.3 is 14.2 Å². The lowest BCUT2D eigenvalue weighted by Crippen LogP contribution is -2.49. The van der Waals surface area contributed by atoms with Crippen molar-refractivity contribution in [2.24, 2.45) is 5.92 Å². The fraction of sp³-hybridized carbons (Fsp3) is 0.688. The van der Waals surface area contributed by atoms with E-state index in [1.165, 1.54) is 7.11 Å². The SMILES string of the molecule is COC(=O)C(CN1C(=O)C2=C(CCCC2)C1=O)C1(C)OCCO1. The Kier molecular flexibility index (Phi) is 4.25. The summed E-state index contributed by atoms with van der Waals surface area (Å²) < 4.78 is 15.9. The first-order valence-electron chi connectivity index (χ1n) is 7.92. The first-order chi connectivity index (χ1) is 11.0. The van der Waals surface area contributed by atoms with Crippen LogP contribution in [0.5, 0.6) is 0 Å². The summed E-state index contributed by atoms with van der Waals surface area (Å²) in [6.07, 6.45) is 3.08. The lowest BCUT2D eigenvalue weighted by Gasteiger charge is -2.32. The number of hydrogen-bond acceptors (Lipinski definition) is 6. The van der Waals surface area contributed by atoms with Crippen LogP contribution in [0.25, 0.3) is 0 Å². The fourth-order valence-electron chi connectivity index (χ4n) is 3.47. The summed E-state index contributed by atoms with van der Waals surface area (Å²) in [5.41, 5.74) is 1.20. The van der Waals surface area contributed by atoms with E-state index in [9.17, 15) is 14.4 Å². The zero-order chi connectivity index (χ0) is 16.6. The van der Waals surface area contributed by atoms with Crippen molar-refractivity contribution in [1.29, 1.82) is 0 Å². The van der Waals surface area contributed by atoms with Crippen LogP contribution in [-0.2, 0) is 28.6 Å². The average molecular weight is 323 g/mol. The number of imide groups is 1. The van der Waals surface area contributed by atoms with Gasteiger partial charge in [0, 0.05) is 17.7 Å². The molecule has 2 amide bonds. The highest BCUT2D eigenvalue weighted by Crippen LogP contribution is 2.36. The highest BCUT2D eigenvalue weighted by Gasteiger charge is 2.49. The third kappa shape index (κ3) is 2.68. The molecule has 7 nitrogen and oxygen atoms in total. The van der Waals surface area contributed by atoms with Gasteiger partial charge in [-0.3, -0.25) is 19.3 Å².